The van der Waals surface area contributed by atoms with Crippen molar-refractivity contribution < 1.29 is 13.2 Å². The van der Waals surface area contributed by atoms with Crippen molar-refractivity contribution >= 4 is 15.6 Å². The Bertz CT molecular complexity index is 459. The molecule has 1 aliphatic carbocycles. The van der Waals surface area contributed by atoms with Crippen molar-refractivity contribution in [2.24, 2.45) is 10.8 Å². The van der Waals surface area contributed by atoms with Crippen LogP contribution in [0, 0.1) is 22.2 Å². The van der Waals surface area contributed by atoms with Crippen LogP contribution in [-0.4, -0.2) is 25.7 Å². The topological polar surface area (TPSA) is 75.0 Å². The highest BCUT2D eigenvalue weighted by atomic mass is 32.2. The van der Waals surface area contributed by atoms with Crippen LogP contribution >= 0.6 is 0 Å². The molecule has 1 fully saturated rings. The van der Waals surface area contributed by atoms with E-state index >= 15 is 0 Å². The average Bonchev–Trinajstić information content (AvgIpc) is 2.51. The van der Waals surface area contributed by atoms with Crippen molar-refractivity contribution in [2.45, 2.75) is 40.0 Å². The summed E-state index contributed by atoms with van der Waals surface area (Å²) in [5, 5.41) is 9.22. The summed E-state index contributed by atoms with van der Waals surface area (Å²) in [5.74, 6) is -0.107. The number of sulfone groups is 1. The van der Waals surface area contributed by atoms with Gasteiger partial charge in [0.1, 0.15) is 15.3 Å². The Morgan fingerprint density at radius 2 is 1.94 bits per heavy atom. The van der Waals surface area contributed by atoms with Crippen LogP contribution in [0.3, 0.4) is 0 Å². The molecule has 0 saturated heterocycles. The number of carbonyl (C=O) groups is 1. The number of hydrogen-bond acceptors (Lipinski definition) is 4. The largest absolute Gasteiger partial charge is 0.297 e. The standard InChI is InChI=1S/C12H19NO3S/c1-4-17(15,16)8-7-12(9-13)6-5-11(2,3)10(12)14/h4-8H2,1-3H3. The molecule has 0 bridgehead atoms. The molecule has 0 heterocycles. The van der Waals surface area contributed by atoms with Gasteiger partial charge in [-0.15, -0.1) is 0 Å². The fourth-order valence-electron chi connectivity index (χ4n) is 2.28. The minimum Gasteiger partial charge on any atom is -0.297 e. The fraction of sp³-hybridized carbons (Fsp3) is 0.833. The zero-order valence-corrected chi connectivity index (χ0v) is 11.4. The van der Waals surface area contributed by atoms with Crippen LogP contribution in [-0.2, 0) is 14.6 Å². The normalized spacial score (nSPS) is 28.0. The van der Waals surface area contributed by atoms with Gasteiger partial charge in [0.25, 0.3) is 0 Å². The molecular weight excluding hydrogens is 238 g/mol. The van der Waals surface area contributed by atoms with Gasteiger partial charge >= 0.3 is 0 Å². The molecule has 0 aliphatic heterocycles. The smallest absolute Gasteiger partial charge is 0.158 e. The quantitative estimate of drug-likeness (QED) is 0.768. The van der Waals surface area contributed by atoms with E-state index < -0.39 is 20.7 Å². The van der Waals surface area contributed by atoms with E-state index in [-0.39, 0.29) is 23.7 Å². The number of nitriles is 1. The lowest BCUT2D eigenvalue weighted by atomic mass is 9.79. The van der Waals surface area contributed by atoms with Crippen molar-refractivity contribution in [3.8, 4) is 6.07 Å². The van der Waals surface area contributed by atoms with Crippen molar-refractivity contribution in [1.82, 2.24) is 0 Å². The number of Topliss-reactive ketones (excluding diaryl/α,β-unsaturated/α-hetero) is 1. The van der Waals surface area contributed by atoms with E-state index in [9.17, 15) is 18.5 Å². The SMILES string of the molecule is CCS(=O)(=O)CCC1(C#N)CCC(C)(C)C1=O. The first-order valence-corrected chi connectivity index (χ1v) is 7.68. The third-order valence-electron chi connectivity index (χ3n) is 3.72. The Morgan fingerprint density at radius 3 is 2.29 bits per heavy atom. The van der Waals surface area contributed by atoms with Gasteiger partial charge in [-0.1, -0.05) is 20.8 Å². The van der Waals surface area contributed by atoms with Gasteiger partial charge in [0.2, 0.25) is 0 Å². The van der Waals surface area contributed by atoms with Crippen LogP contribution < -0.4 is 0 Å². The van der Waals surface area contributed by atoms with Gasteiger partial charge in [0.05, 0.1) is 11.8 Å². The maximum absolute atomic E-state index is 12.2. The molecule has 17 heavy (non-hydrogen) atoms. The van der Waals surface area contributed by atoms with Crippen molar-refractivity contribution in [1.29, 1.82) is 5.26 Å². The molecule has 0 aromatic carbocycles. The molecular formula is C12H19NO3S. The first kappa shape index (κ1) is 14.2. The molecule has 5 heteroatoms. The zero-order chi connectivity index (χ0) is 13.3. The lowest BCUT2D eigenvalue weighted by Crippen LogP contribution is -2.33. The molecule has 1 saturated carbocycles. The van der Waals surface area contributed by atoms with Gasteiger partial charge in [-0.05, 0) is 19.3 Å². The molecule has 96 valence electrons. The number of nitrogens with zero attached hydrogens (tertiary/aromatic N) is 1. The van der Waals surface area contributed by atoms with Gasteiger partial charge in [-0.2, -0.15) is 5.26 Å². The van der Waals surface area contributed by atoms with Crippen LogP contribution in [0.15, 0.2) is 0 Å². The van der Waals surface area contributed by atoms with Gasteiger partial charge in [0.15, 0.2) is 5.78 Å². The zero-order valence-electron chi connectivity index (χ0n) is 10.6. The number of ketones is 1. The van der Waals surface area contributed by atoms with Crippen LogP contribution in [0.4, 0.5) is 0 Å². The predicted octanol–water partition coefficient (Wildman–Crippen LogP) is 1.71. The number of carbonyl (C=O) groups excluding carboxylic acids is 1. The third-order valence-corrected chi connectivity index (χ3v) is 5.43. The summed E-state index contributed by atoms with van der Waals surface area (Å²) < 4.78 is 22.9. The van der Waals surface area contributed by atoms with Crippen LogP contribution in [0.25, 0.3) is 0 Å². The summed E-state index contributed by atoms with van der Waals surface area (Å²) in [7, 11) is -3.12. The fourth-order valence-corrected chi connectivity index (χ4v) is 3.22. The molecule has 0 N–H and O–H groups in total. The molecule has 1 unspecified atom stereocenters. The second-order valence-electron chi connectivity index (χ2n) is 5.39. The van der Waals surface area contributed by atoms with Crippen molar-refractivity contribution in [2.75, 3.05) is 11.5 Å². The summed E-state index contributed by atoms with van der Waals surface area (Å²) in [5.41, 5.74) is -1.57. The van der Waals surface area contributed by atoms with Gasteiger partial charge < -0.3 is 0 Å². The molecule has 0 amide bonds. The minimum absolute atomic E-state index is 0.0616. The lowest BCUT2D eigenvalue weighted by molar-refractivity contribution is -0.130. The Kier molecular flexibility index (Phi) is 3.68. The van der Waals surface area contributed by atoms with E-state index in [2.05, 4.69) is 6.07 Å². The summed E-state index contributed by atoms with van der Waals surface area (Å²) in [4.78, 5) is 12.2. The lowest BCUT2D eigenvalue weighted by Gasteiger charge is -2.22. The summed E-state index contributed by atoms with van der Waals surface area (Å²) in [6.07, 6.45) is 1.28. The maximum Gasteiger partial charge on any atom is 0.158 e. The average molecular weight is 257 g/mol. The Morgan fingerprint density at radius 1 is 1.35 bits per heavy atom. The van der Waals surface area contributed by atoms with E-state index in [1.54, 1.807) is 6.92 Å². The molecule has 1 rings (SSSR count). The highest BCUT2D eigenvalue weighted by Gasteiger charge is 2.52. The molecule has 1 aliphatic rings. The summed E-state index contributed by atoms with van der Waals surface area (Å²) in [6, 6.07) is 2.07. The van der Waals surface area contributed by atoms with Gasteiger partial charge in [-0.25, -0.2) is 8.42 Å². The monoisotopic (exact) mass is 257 g/mol. The Balaban J connectivity index is 2.88. The van der Waals surface area contributed by atoms with Crippen LogP contribution in [0.2, 0.25) is 0 Å². The molecule has 1 atom stereocenters. The highest BCUT2D eigenvalue weighted by Crippen LogP contribution is 2.47. The van der Waals surface area contributed by atoms with Gasteiger partial charge in [0, 0.05) is 11.2 Å². The molecule has 0 radical (unpaired) electrons. The number of hydrogen-bond donors (Lipinski definition) is 0. The first-order chi connectivity index (χ1) is 7.69. The Hall–Kier alpha value is -0.890. The predicted molar refractivity (Wildman–Crippen MR) is 65.0 cm³/mol. The van der Waals surface area contributed by atoms with E-state index in [1.165, 1.54) is 0 Å². The maximum atomic E-state index is 12.2. The Labute approximate surface area is 103 Å². The van der Waals surface area contributed by atoms with E-state index in [0.717, 1.165) is 0 Å². The molecule has 0 spiro atoms. The molecule has 0 aromatic rings. The van der Waals surface area contributed by atoms with Crippen molar-refractivity contribution in [3.05, 3.63) is 0 Å². The van der Waals surface area contributed by atoms with E-state index in [1.807, 2.05) is 13.8 Å². The molecule has 4 nitrogen and oxygen atoms in total. The van der Waals surface area contributed by atoms with Crippen molar-refractivity contribution in [3.63, 3.8) is 0 Å². The number of rotatable bonds is 4. The second kappa shape index (κ2) is 4.41. The summed E-state index contributed by atoms with van der Waals surface area (Å²) >= 11 is 0. The van der Waals surface area contributed by atoms with Crippen LogP contribution in [0.1, 0.15) is 40.0 Å². The first-order valence-electron chi connectivity index (χ1n) is 5.86. The van der Waals surface area contributed by atoms with E-state index in [4.69, 9.17) is 0 Å². The third kappa shape index (κ3) is 2.68. The van der Waals surface area contributed by atoms with Crippen LogP contribution in [0.5, 0.6) is 0 Å². The van der Waals surface area contributed by atoms with Gasteiger partial charge in [-0.3, -0.25) is 4.79 Å². The second-order valence-corrected chi connectivity index (χ2v) is 7.87. The van der Waals surface area contributed by atoms with E-state index in [0.29, 0.717) is 12.8 Å². The molecule has 0 aromatic heterocycles. The minimum atomic E-state index is -3.12. The highest BCUT2D eigenvalue weighted by molar-refractivity contribution is 7.91. The summed E-state index contributed by atoms with van der Waals surface area (Å²) in [6.45, 7) is 5.22.